The van der Waals surface area contributed by atoms with Crippen LogP contribution in [0.1, 0.15) is 41.7 Å². The van der Waals surface area contributed by atoms with E-state index in [0.29, 0.717) is 33.0 Å². The number of hydrogen-bond acceptors (Lipinski definition) is 9. The number of benzene rings is 5. The molecule has 10 atom stereocenters. The fourth-order valence-corrected chi connectivity index (χ4v) is 7.49. The number of ether oxygens (including phenoxy) is 9. The lowest BCUT2D eigenvalue weighted by molar-refractivity contribution is -0.369. The summed E-state index contributed by atoms with van der Waals surface area (Å²) in [4.78, 5) is 0. The Balaban J connectivity index is 1.21. The Hall–Kier alpha value is -4.52. The van der Waals surface area contributed by atoms with Gasteiger partial charge in [-0.25, -0.2) is 0 Å². The van der Waals surface area contributed by atoms with Crippen LogP contribution < -0.4 is 0 Å². The summed E-state index contributed by atoms with van der Waals surface area (Å²) in [7, 11) is 0. The summed E-state index contributed by atoms with van der Waals surface area (Å²) in [5.74, 6) is 0. The van der Waals surface area contributed by atoms with Crippen molar-refractivity contribution < 1.29 is 42.6 Å². The van der Waals surface area contributed by atoms with E-state index in [1.54, 1.807) is 6.08 Å². The molecule has 5 aromatic rings. The van der Waals surface area contributed by atoms with Crippen molar-refractivity contribution >= 4 is 0 Å². The Kier molecular flexibility index (Phi) is 16.0. The van der Waals surface area contributed by atoms with Gasteiger partial charge in [-0.15, -0.1) is 6.58 Å². The van der Waals surface area contributed by atoms with Crippen LogP contribution >= 0.6 is 0 Å². The minimum Gasteiger partial charge on any atom is -0.368 e. The third-order valence-electron chi connectivity index (χ3n) is 10.6. The maximum atomic E-state index is 7.16. The number of rotatable bonds is 20. The molecule has 0 amide bonds. The summed E-state index contributed by atoms with van der Waals surface area (Å²) in [6.45, 7) is 9.72. The molecule has 0 saturated carbocycles. The minimum absolute atomic E-state index is 0.267. The highest BCUT2D eigenvalue weighted by Crippen LogP contribution is 2.36. The van der Waals surface area contributed by atoms with Crippen LogP contribution in [0.25, 0.3) is 0 Å². The maximum absolute atomic E-state index is 7.16. The second-order valence-electron chi connectivity index (χ2n) is 14.9. The highest BCUT2D eigenvalue weighted by Gasteiger charge is 2.53. The lowest BCUT2D eigenvalue weighted by Gasteiger charge is -2.49. The molecule has 59 heavy (non-hydrogen) atoms. The van der Waals surface area contributed by atoms with Crippen LogP contribution in [-0.2, 0) is 75.7 Å². The van der Waals surface area contributed by atoms with E-state index in [9.17, 15) is 0 Å². The molecule has 9 heteroatoms. The van der Waals surface area contributed by atoms with Crippen molar-refractivity contribution in [2.24, 2.45) is 0 Å². The Morgan fingerprint density at radius 3 is 1.08 bits per heavy atom. The van der Waals surface area contributed by atoms with Crippen molar-refractivity contribution in [3.63, 3.8) is 0 Å². The molecule has 310 valence electrons. The molecule has 2 aliphatic heterocycles. The third-order valence-corrected chi connectivity index (χ3v) is 10.6. The first-order chi connectivity index (χ1) is 29.1. The van der Waals surface area contributed by atoms with Gasteiger partial charge in [-0.1, -0.05) is 158 Å². The largest absolute Gasteiger partial charge is 0.368 e. The molecule has 2 fully saturated rings. The molecule has 0 aromatic heterocycles. The van der Waals surface area contributed by atoms with E-state index >= 15 is 0 Å². The predicted octanol–water partition coefficient (Wildman–Crippen LogP) is 8.99. The zero-order chi connectivity index (χ0) is 40.7. The monoisotopic (exact) mass is 800 g/mol. The van der Waals surface area contributed by atoms with Crippen LogP contribution in [0.3, 0.4) is 0 Å². The van der Waals surface area contributed by atoms with E-state index in [1.165, 1.54) is 0 Å². The van der Waals surface area contributed by atoms with E-state index in [0.717, 1.165) is 27.8 Å². The highest BCUT2D eigenvalue weighted by molar-refractivity contribution is 5.17. The smallest absolute Gasteiger partial charge is 0.187 e. The Bertz CT molecular complexity index is 1920. The predicted molar refractivity (Wildman–Crippen MR) is 225 cm³/mol. The standard InChI is InChI=1S/C50H56O9/c1-4-30-51-49-47(55-34-41-26-16-8-17-27-41)46(54-33-40-24-14-7-15-25-40)44(37(3)57-49)59-50-48(56-35-42-28-18-9-19-29-42)45(53-32-39-22-12-6-13-23-39)43(36(2)58-50)52-31-38-20-10-5-11-21-38/h4-29,36-37,43-50H,1,30-35H2,2-3H3/t36-,37-,43+,44+,45+,46+,47-,48-,49-,50+/m1/s1. The zero-order valence-corrected chi connectivity index (χ0v) is 33.9. The van der Waals surface area contributed by atoms with Crippen LogP contribution in [0, 0.1) is 0 Å². The third kappa shape index (κ3) is 12.0. The van der Waals surface area contributed by atoms with Gasteiger partial charge in [-0.3, -0.25) is 0 Å². The lowest BCUT2D eigenvalue weighted by atomic mass is 9.96. The van der Waals surface area contributed by atoms with Crippen LogP contribution in [0.15, 0.2) is 164 Å². The molecular formula is C50H56O9. The molecule has 0 spiro atoms. The van der Waals surface area contributed by atoms with Crippen molar-refractivity contribution in [2.75, 3.05) is 6.61 Å². The summed E-state index contributed by atoms with van der Waals surface area (Å²) in [5, 5.41) is 0. The van der Waals surface area contributed by atoms with Crippen LogP contribution in [0.5, 0.6) is 0 Å². The second kappa shape index (κ2) is 22.2. The van der Waals surface area contributed by atoms with E-state index < -0.39 is 61.4 Å². The second-order valence-corrected chi connectivity index (χ2v) is 14.9. The van der Waals surface area contributed by atoms with Gasteiger partial charge in [-0.05, 0) is 41.7 Å². The average Bonchev–Trinajstić information content (AvgIpc) is 3.28. The SMILES string of the molecule is C=CCO[C@@H]1O[C@H](C)[C@H](O[C@@H]2O[C@H](C)[C@H](OCc3ccccc3)[C@H](OCc3ccccc3)[C@H]2OCc2ccccc2)[C@H](OCc2ccccc2)[C@H]1OCc1ccccc1. The Labute approximate surface area is 348 Å². The molecule has 2 saturated heterocycles. The maximum Gasteiger partial charge on any atom is 0.187 e. The van der Waals surface area contributed by atoms with Gasteiger partial charge < -0.3 is 42.6 Å². The van der Waals surface area contributed by atoms with Crippen molar-refractivity contribution in [1.29, 1.82) is 0 Å². The van der Waals surface area contributed by atoms with Crippen molar-refractivity contribution in [3.8, 4) is 0 Å². The normalized spacial score (nSPS) is 26.9. The fourth-order valence-electron chi connectivity index (χ4n) is 7.49. The van der Waals surface area contributed by atoms with Crippen molar-refractivity contribution in [1.82, 2.24) is 0 Å². The lowest BCUT2D eigenvalue weighted by Crippen LogP contribution is -2.65. The van der Waals surface area contributed by atoms with Gasteiger partial charge in [0.1, 0.15) is 36.6 Å². The summed E-state index contributed by atoms with van der Waals surface area (Å²) >= 11 is 0. The van der Waals surface area contributed by atoms with Crippen LogP contribution in [-0.4, -0.2) is 68.0 Å². The van der Waals surface area contributed by atoms with Gasteiger partial charge in [-0.2, -0.15) is 0 Å². The van der Waals surface area contributed by atoms with E-state index in [1.807, 2.05) is 166 Å². The first-order valence-corrected chi connectivity index (χ1v) is 20.5. The summed E-state index contributed by atoms with van der Waals surface area (Å²) in [6.07, 6.45) is -4.76. The molecule has 2 aliphatic rings. The van der Waals surface area contributed by atoms with E-state index in [2.05, 4.69) is 6.58 Å². The van der Waals surface area contributed by atoms with E-state index in [-0.39, 0.29) is 6.61 Å². The Morgan fingerprint density at radius 2 is 0.695 bits per heavy atom. The quantitative estimate of drug-likeness (QED) is 0.0717. The number of hydrogen-bond donors (Lipinski definition) is 0. The fraction of sp³-hybridized carbons (Fsp3) is 0.360. The highest BCUT2D eigenvalue weighted by atomic mass is 16.8. The summed E-state index contributed by atoms with van der Waals surface area (Å²) in [6, 6.07) is 50.3. The zero-order valence-electron chi connectivity index (χ0n) is 33.9. The molecule has 0 unspecified atom stereocenters. The van der Waals surface area contributed by atoms with Gasteiger partial charge in [0.2, 0.25) is 0 Å². The molecular weight excluding hydrogens is 745 g/mol. The van der Waals surface area contributed by atoms with Gasteiger partial charge in [0.15, 0.2) is 12.6 Å². The van der Waals surface area contributed by atoms with Gasteiger partial charge in [0.05, 0.1) is 51.8 Å². The molecule has 2 heterocycles. The molecule has 5 aromatic carbocycles. The first-order valence-electron chi connectivity index (χ1n) is 20.5. The molecule has 9 nitrogen and oxygen atoms in total. The van der Waals surface area contributed by atoms with Gasteiger partial charge in [0, 0.05) is 0 Å². The topological polar surface area (TPSA) is 83.1 Å². The first kappa shape index (κ1) is 42.6. The molecule has 0 radical (unpaired) electrons. The van der Waals surface area contributed by atoms with Gasteiger partial charge in [0.25, 0.3) is 0 Å². The molecule has 7 rings (SSSR count). The van der Waals surface area contributed by atoms with Crippen molar-refractivity contribution in [3.05, 3.63) is 192 Å². The van der Waals surface area contributed by atoms with Crippen molar-refractivity contribution in [2.45, 2.75) is 108 Å². The molecule has 0 N–H and O–H groups in total. The molecule has 0 bridgehead atoms. The van der Waals surface area contributed by atoms with Crippen LogP contribution in [0.4, 0.5) is 0 Å². The summed E-state index contributed by atoms with van der Waals surface area (Å²) < 4.78 is 60.8. The Morgan fingerprint density at radius 1 is 0.390 bits per heavy atom. The van der Waals surface area contributed by atoms with Gasteiger partial charge >= 0.3 is 0 Å². The summed E-state index contributed by atoms with van der Waals surface area (Å²) in [5.41, 5.74) is 5.09. The van der Waals surface area contributed by atoms with Crippen LogP contribution in [0.2, 0.25) is 0 Å². The molecule has 0 aliphatic carbocycles. The minimum atomic E-state index is -0.912. The average molecular weight is 801 g/mol. The van der Waals surface area contributed by atoms with E-state index in [4.69, 9.17) is 42.6 Å².